The van der Waals surface area contributed by atoms with Crippen molar-refractivity contribution in [2.45, 2.75) is 62.0 Å². The summed E-state index contributed by atoms with van der Waals surface area (Å²) in [5.41, 5.74) is -0.553. The van der Waals surface area contributed by atoms with Gasteiger partial charge in [0.05, 0.1) is 6.61 Å². The number of aliphatic hydroxyl groups excluding tert-OH is 1. The van der Waals surface area contributed by atoms with Gasteiger partial charge in [-0.3, -0.25) is 0 Å². The highest BCUT2D eigenvalue weighted by Crippen LogP contribution is 2.53. The first-order valence-electron chi connectivity index (χ1n) is 7.24. The first-order chi connectivity index (χ1) is 8.91. The van der Waals surface area contributed by atoms with E-state index in [-0.39, 0.29) is 17.6 Å². The quantitative estimate of drug-likeness (QED) is 0.479. The van der Waals surface area contributed by atoms with E-state index in [4.69, 9.17) is 9.78 Å². The number of hydrogen-bond donors (Lipinski definition) is 1. The Hall–Kier alpha value is 0.100. The Morgan fingerprint density at radius 3 is 2.47 bits per heavy atom. The maximum atomic E-state index is 9.42. The summed E-state index contributed by atoms with van der Waals surface area (Å²) in [5.74, 6) is 0.504. The summed E-state index contributed by atoms with van der Waals surface area (Å²) in [4.78, 5) is 11.9. The van der Waals surface area contributed by atoms with Crippen molar-refractivity contribution in [1.29, 1.82) is 0 Å². The molecule has 0 amide bonds. The van der Waals surface area contributed by atoms with Gasteiger partial charge in [-0.2, -0.15) is 0 Å². The molecule has 0 aromatic rings. The molecule has 1 unspecified atom stereocenters. The van der Waals surface area contributed by atoms with Crippen molar-refractivity contribution < 1.29 is 14.9 Å². The predicted molar refractivity (Wildman–Crippen MR) is 76.9 cm³/mol. The highest BCUT2D eigenvalue weighted by Gasteiger charge is 2.53. The second kappa shape index (κ2) is 4.55. The highest BCUT2D eigenvalue weighted by molar-refractivity contribution is 9.09. The largest absolute Gasteiger partial charge is 0.393 e. The molecule has 4 heteroatoms. The van der Waals surface area contributed by atoms with Crippen LogP contribution in [-0.4, -0.2) is 27.7 Å². The van der Waals surface area contributed by atoms with Crippen molar-refractivity contribution in [2.24, 2.45) is 11.3 Å². The van der Waals surface area contributed by atoms with E-state index in [9.17, 15) is 5.11 Å². The van der Waals surface area contributed by atoms with Gasteiger partial charge in [-0.1, -0.05) is 35.9 Å². The van der Waals surface area contributed by atoms with Crippen molar-refractivity contribution in [3.63, 3.8) is 0 Å². The lowest BCUT2D eigenvalue weighted by Crippen LogP contribution is -2.56. The van der Waals surface area contributed by atoms with Crippen LogP contribution in [0.25, 0.3) is 0 Å². The molecule has 1 N–H and O–H groups in total. The first-order valence-corrected chi connectivity index (χ1v) is 8.15. The SMILES string of the molecule is CC1(C)CC([C@]23C=C[C@](CO)(CC2)OO3)CC[C@@H]1Br. The van der Waals surface area contributed by atoms with Crippen LogP contribution < -0.4 is 0 Å². The van der Waals surface area contributed by atoms with Crippen LogP contribution in [0.5, 0.6) is 0 Å². The summed E-state index contributed by atoms with van der Waals surface area (Å²) in [7, 11) is 0. The minimum atomic E-state index is -0.579. The third-order valence-electron chi connectivity index (χ3n) is 5.32. The zero-order chi connectivity index (χ0) is 13.7. The van der Waals surface area contributed by atoms with Crippen LogP contribution in [-0.2, 0) is 9.78 Å². The zero-order valence-electron chi connectivity index (χ0n) is 11.7. The van der Waals surface area contributed by atoms with Gasteiger partial charge in [-0.05, 0) is 49.5 Å². The molecular weight excluding hydrogens is 308 g/mol. The lowest BCUT2D eigenvalue weighted by Gasteiger charge is -2.53. The lowest BCUT2D eigenvalue weighted by molar-refractivity contribution is -0.441. The minimum absolute atomic E-state index is 0.000780. The smallest absolute Gasteiger partial charge is 0.145 e. The predicted octanol–water partition coefficient (Wildman–Crippen LogP) is 3.36. The fraction of sp³-hybridized carbons (Fsp3) is 0.867. The van der Waals surface area contributed by atoms with E-state index in [0.717, 1.165) is 19.3 Å². The number of halogens is 1. The topological polar surface area (TPSA) is 38.7 Å². The van der Waals surface area contributed by atoms with Gasteiger partial charge in [-0.15, -0.1) is 0 Å². The number of fused-ring (bicyclic) bond motifs is 2. The standard InChI is InChI=1S/C15H23BrO3/c1-13(2)9-11(3-4-12(13)16)15-7-5-14(10-17,6-8-15)18-19-15/h5,7,11-12,17H,3-4,6,8-10H2,1-2H3/t11?,12-,14+,15-/m0/s1. The molecule has 3 nitrogen and oxygen atoms in total. The zero-order valence-corrected chi connectivity index (χ0v) is 13.3. The summed E-state index contributed by atoms with van der Waals surface area (Å²) in [5, 5.41) is 9.42. The van der Waals surface area contributed by atoms with E-state index in [1.807, 2.05) is 6.08 Å². The summed E-state index contributed by atoms with van der Waals surface area (Å²) in [6.45, 7) is 4.64. The van der Waals surface area contributed by atoms with Crippen molar-refractivity contribution in [1.82, 2.24) is 0 Å². The van der Waals surface area contributed by atoms with E-state index in [2.05, 4.69) is 35.9 Å². The fourth-order valence-electron chi connectivity index (χ4n) is 3.75. The maximum absolute atomic E-state index is 9.42. The van der Waals surface area contributed by atoms with Crippen LogP contribution in [0, 0.1) is 11.3 Å². The Labute approximate surface area is 123 Å². The minimum Gasteiger partial charge on any atom is -0.393 e. The molecule has 1 saturated heterocycles. The molecule has 2 bridgehead atoms. The molecule has 2 fully saturated rings. The Bertz CT molecular complexity index is 383. The Morgan fingerprint density at radius 2 is 2.00 bits per heavy atom. The number of aliphatic hydroxyl groups is 1. The Kier molecular flexibility index (Phi) is 3.37. The van der Waals surface area contributed by atoms with Gasteiger partial charge in [0.1, 0.15) is 11.2 Å². The number of rotatable bonds is 2. The molecule has 0 radical (unpaired) electrons. The van der Waals surface area contributed by atoms with E-state index < -0.39 is 5.60 Å². The molecule has 19 heavy (non-hydrogen) atoms. The number of alkyl halides is 1. The molecule has 4 atom stereocenters. The molecule has 0 aromatic heterocycles. The summed E-state index contributed by atoms with van der Waals surface area (Å²) < 4.78 is 0. The summed E-state index contributed by atoms with van der Waals surface area (Å²) in [6.07, 6.45) is 9.48. The Morgan fingerprint density at radius 1 is 1.21 bits per heavy atom. The first kappa shape index (κ1) is 14.1. The highest BCUT2D eigenvalue weighted by atomic mass is 79.9. The average Bonchev–Trinajstić information content (AvgIpc) is 2.44. The van der Waals surface area contributed by atoms with Gasteiger partial charge in [-0.25, -0.2) is 9.78 Å². The van der Waals surface area contributed by atoms with Gasteiger partial charge in [0, 0.05) is 4.83 Å². The normalized spacial score (nSPS) is 48.4. The second-order valence-electron chi connectivity index (χ2n) is 7.11. The fourth-order valence-corrected chi connectivity index (χ4v) is 4.20. The lowest BCUT2D eigenvalue weighted by atomic mass is 9.63. The van der Waals surface area contributed by atoms with Gasteiger partial charge < -0.3 is 5.11 Å². The van der Waals surface area contributed by atoms with Crippen molar-refractivity contribution in [3.05, 3.63) is 12.2 Å². The molecule has 2 heterocycles. The van der Waals surface area contributed by atoms with E-state index in [1.54, 1.807) is 0 Å². The molecule has 4 aliphatic rings. The molecule has 2 aliphatic heterocycles. The molecule has 1 saturated carbocycles. The van der Waals surface area contributed by atoms with E-state index >= 15 is 0 Å². The average molecular weight is 331 g/mol. The molecule has 4 rings (SSSR count). The monoisotopic (exact) mass is 330 g/mol. The molecule has 2 aliphatic carbocycles. The molecule has 0 spiro atoms. The molecule has 108 valence electrons. The Balaban J connectivity index is 1.81. The van der Waals surface area contributed by atoms with Crippen LogP contribution in [0.3, 0.4) is 0 Å². The number of hydrogen-bond acceptors (Lipinski definition) is 3. The molecule has 0 aromatic carbocycles. The van der Waals surface area contributed by atoms with Crippen LogP contribution in [0.4, 0.5) is 0 Å². The summed E-state index contributed by atoms with van der Waals surface area (Å²) >= 11 is 3.81. The third kappa shape index (κ3) is 2.21. The van der Waals surface area contributed by atoms with Gasteiger partial charge >= 0.3 is 0 Å². The van der Waals surface area contributed by atoms with Gasteiger partial charge in [0.15, 0.2) is 0 Å². The third-order valence-corrected chi connectivity index (χ3v) is 7.02. The van der Waals surface area contributed by atoms with Gasteiger partial charge in [0.25, 0.3) is 0 Å². The van der Waals surface area contributed by atoms with Crippen LogP contribution >= 0.6 is 15.9 Å². The second-order valence-corrected chi connectivity index (χ2v) is 8.22. The van der Waals surface area contributed by atoms with Crippen molar-refractivity contribution in [2.75, 3.05) is 6.61 Å². The van der Waals surface area contributed by atoms with Crippen molar-refractivity contribution in [3.8, 4) is 0 Å². The summed E-state index contributed by atoms with van der Waals surface area (Å²) in [6, 6.07) is 0. The molecular formula is C15H23BrO3. The van der Waals surface area contributed by atoms with Crippen LogP contribution in [0.15, 0.2) is 12.2 Å². The van der Waals surface area contributed by atoms with E-state index in [1.165, 1.54) is 12.8 Å². The van der Waals surface area contributed by atoms with Gasteiger partial charge in [0.2, 0.25) is 0 Å². The van der Waals surface area contributed by atoms with Crippen LogP contribution in [0.1, 0.15) is 46.0 Å². The van der Waals surface area contributed by atoms with Crippen molar-refractivity contribution >= 4 is 15.9 Å². The maximum Gasteiger partial charge on any atom is 0.145 e. The van der Waals surface area contributed by atoms with Crippen LogP contribution in [0.2, 0.25) is 0 Å². The van der Waals surface area contributed by atoms with E-state index in [0.29, 0.717) is 10.7 Å².